The van der Waals surface area contributed by atoms with Gasteiger partial charge in [0.25, 0.3) is 0 Å². The molecule has 1 aliphatic heterocycles. The van der Waals surface area contributed by atoms with Gasteiger partial charge in [-0.15, -0.1) is 0 Å². The topological polar surface area (TPSA) is 70.1 Å². The van der Waals surface area contributed by atoms with Crippen LogP contribution in [0.4, 0.5) is 23.7 Å². The molecular formula is C22H31F3N2O4. The zero-order valence-corrected chi connectivity index (χ0v) is 18.8. The summed E-state index contributed by atoms with van der Waals surface area (Å²) in [4.78, 5) is 27.2. The molecule has 2 unspecified atom stereocenters. The molecule has 0 aliphatic carbocycles. The first-order valence-corrected chi connectivity index (χ1v) is 10.3. The summed E-state index contributed by atoms with van der Waals surface area (Å²) in [5, 5.41) is 9.60. The van der Waals surface area contributed by atoms with Gasteiger partial charge in [-0.25, -0.2) is 9.59 Å². The number of piperidine rings is 1. The SMILES string of the molecule is CCN(c1cc(C(F)(F)F)cc(C(=O)OC)c1C)C1CCN(C(=O)O)C(C(C)(C)C)C1. The number of carbonyl (C=O) groups excluding carboxylic acids is 1. The molecule has 0 saturated carbocycles. The number of carbonyl (C=O) groups is 2. The lowest BCUT2D eigenvalue weighted by Gasteiger charge is -2.48. The maximum Gasteiger partial charge on any atom is 0.416 e. The summed E-state index contributed by atoms with van der Waals surface area (Å²) in [5.41, 5.74) is -0.645. The van der Waals surface area contributed by atoms with Crippen molar-refractivity contribution in [3.05, 3.63) is 28.8 Å². The number of esters is 1. The van der Waals surface area contributed by atoms with Crippen molar-refractivity contribution >= 4 is 17.7 Å². The molecule has 1 saturated heterocycles. The molecule has 1 aliphatic rings. The van der Waals surface area contributed by atoms with Crippen molar-refractivity contribution in [2.75, 3.05) is 25.1 Å². The Morgan fingerprint density at radius 2 is 1.87 bits per heavy atom. The monoisotopic (exact) mass is 444 g/mol. The number of nitrogens with zero attached hydrogens (tertiary/aromatic N) is 2. The molecule has 0 radical (unpaired) electrons. The smallest absolute Gasteiger partial charge is 0.416 e. The Morgan fingerprint density at radius 3 is 2.32 bits per heavy atom. The molecular weight excluding hydrogens is 413 g/mol. The normalized spacial score (nSPS) is 19.8. The van der Waals surface area contributed by atoms with Crippen molar-refractivity contribution in [2.24, 2.45) is 5.41 Å². The highest BCUT2D eigenvalue weighted by molar-refractivity contribution is 5.93. The molecule has 1 aromatic rings. The highest BCUT2D eigenvalue weighted by Crippen LogP contribution is 2.39. The van der Waals surface area contributed by atoms with Crippen LogP contribution in [0.5, 0.6) is 0 Å². The number of likely N-dealkylation sites (tertiary alicyclic amines) is 1. The lowest BCUT2D eigenvalue weighted by molar-refractivity contribution is -0.137. The number of benzene rings is 1. The van der Waals surface area contributed by atoms with Crippen LogP contribution in [0.1, 0.15) is 62.0 Å². The van der Waals surface area contributed by atoms with Gasteiger partial charge in [-0.1, -0.05) is 20.8 Å². The van der Waals surface area contributed by atoms with E-state index >= 15 is 0 Å². The average molecular weight is 444 g/mol. The van der Waals surface area contributed by atoms with Crippen molar-refractivity contribution in [3.63, 3.8) is 0 Å². The number of rotatable bonds is 4. The minimum absolute atomic E-state index is 0.124. The van der Waals surface area contributed by atoms with E-state index < -0.39 is 23.8 Å². The van der Waals surface area contributed by atoms with Crippen LogP contribution < -0.4 is 4.90 Å². The Labute approximate surface area is 181 Å². The highest BCUT2D eigenvalue weighted by Gasteiger charge is 2.41. The average Bonchev–Trinajstić information content (AvgIpc) is 2.67. The number of carboxylic acid groups (broad SMARTS) is 1. The molecule has 1 fully saturated rings. The first kappa shape index (κ1) is 24.8. The number of methoxy groups -OCH3 is 1. The molecule has 2 rings (SSSR count). The summed E-state index contributed by atoms with van der Waals surface area (Å²) in [6.07, 6.45) is -4.65. The van der Waals surface area contributed by atoms with Crippen LogP contribution in [0.15, 0.2) is 12.1 Å². The lowest BCUT2D eigenvalue weighted by Crippen LogP contribution is -2.56. The number of hydrogen-bond donors (Lipinski definition) is 1. The maximum absolute atomic E-state index is 13.6. The van der Waals surface area contributed by atoms with Crippen LogP contribution >= 0.6 is 0 Å². The van der Waals surface area contributed by atoms with E-state index in [1.54, 1.807) is 6.92 Å². The van der Waals surface area contributed by atoms with E-state index in [-0.39, 0.29) is 23.1 Å². The molecule has 0 aromatic heterocycles. The maximum atomic E-state index is 13.6. The van der Waals surface area contributed by atoms with Crippen molar-refractivity contribution < 1.29 is 32.6 Å². The van der Waals surface area contributed by atoms with Crippen molar-refractivity contribution in [1.29, 1.82) is 0 Å². The second kappa shape index (κ2) is 8.96. The molecule has 0 spiro atoms. The summed E-state index contributed by atoms with van der Waals surface area (Å²) in [6.45, 7) is 10.0. The van der Waals surface area contributed by atoms with E-state index in [1.807, 2.05) is 32.6 Å². The minimum atomic E-state index is -4.62. The molecule has 0 bridgehead atoms. The molecule has 1 heterocycles. The number of hydrogen-bond acceptors (Lipinski definition) is 4. The third-order valence-corrected chi connectivity index (χ3v) is 6.02. The van der Waals surface area contributed by atoms with Gasteiger partial charge in [0.1, 0.15) is 0 Å². The van der Waals surface area contributed by atoms with Crippen LogP contribution in [-0.2, 0) is 10.9 Å². The van der Waals surface area contributed by atoms with Crippen LogP contribution in [0.3, 0.4) is 0 Å². The number of halogens is 3. The predicted octanol–water partition coefficient (Wildman–Crippen LogP) is 5.18. The molecule has 31 heavy (non-hydrogen) atoms. The molecule has 174 valence electrons. The summed E-state index contributed by atoms with van der Waals surface area (Å²) in [7, 11) is 1.13. The van der Waals surface area contributed by atoms with E-state index in [9.17, 15) is 27.9 Å². The predicted molar refractivity (Wildman–Crippen MR) is 112 cm³/mol. The van der Waals surface area contributed by atoms with Gasteiger partial charge in [0.05, 0.1) is 18.2 Å². The summed E-state index contributed by atoms with van der Waals surface area (Å²) in [6, 6.07) is 1.44. The molecule has 6 nitrogen and oxygen atoms in total. The Balaban J connectivity index is 2.55. The van der Waals surface area contributed by atoms with Gasteiger partial charge >= 0.3 is 18.2 Å². The Kier molecular flexibility index (Phi) is 7.17. The first-order chi connectivity index (χ1) is 14.2. The number of anilines is 1. The first-order valence-electron chi connectivity index (χ1n) is 10.3. The van der Waals surface area contributed by atoms with Crippen molar-refractivity contribution in [1.82, 2.24) is 4.90 Å². The molecule has 2 atom stereocenters. The van der Waals surface area contributed by atoms with Gasteiger partial charge in [0, 0.05) is 30.9 Å². The van der Waals surface area contributed by atoms with E-state index in [1.165, 1.54) is 4.90 Å². The Hall–Kier alpha value is -2.45. The van der Waals surface area contributed by atoms with Crippen LogP contribution in [-0.4, -0.2) is 54.4 Å². The van der Waals surface area contributed by atoms with Crippen molar-refractivity contribution in [3.8, 4) is 0 Å². The standard InChI is InChI=1S/C22H31F3N2O4/c1-7-26(15-8-9-27(20(29)30)18(12-15)21(3,4)5)17-11-14(22(23,24)25)10-16(13(17)2)19(28)31-6/h10-11,15,18H,7-9,12H2,1-6H3,(H,29,30). The van der Waals surface area contributed by atoms with E-state index in [2.05, 4.69) is 0 Å². The lowest BCUT2D eigenvalue weighted by atomic mass is 9.78. The molecule has 9 heteroatoms. The van der Waals surface area contributed by atoms with Gasteiger partial charge < -0.3 is 19.6 Å². The zero-order chi connectivity index (χ0) is 23.7. The Bertz CT molecular complexity index is 833. The number of ether oxygens (including phenoxy) is 1. The quantitative estimate of drug-likeness (QED) is 0.648. The van der Waals surface area contributed by atoms with Crippen LogP contribution in [0.2, 0.25) is 0 Å². The van der Waals surface area contributed by atoms with Gasteiger partial charge in [0.2, 0.25) is 0 Å². The zero-order valence-electron chi connectivity index (χ0n) is 18.8. The largest absolute Gasteiger partial charge is 0.465 e. The fourth-order valence-corrected chi connectivity index (χ4v) is 4.39. The van der Waals surface area contributed by atoms with E-state index in [0.717, 1.165) is 19.2 Å². The van der Waals surface area contributed by atoms with E-state index in [0.29, 0.717) is 37.2 Å². The molecule has 1 aromatic carbocycles. The molecule has 1 N–H and O–H groups in total. The minimum Gasteiger partial charge on any atom is -0.465 e. The van der Waals surface area contributed by atoms with Gasteiger partial charge in [-0.05, 0) is 49.8 Å². The van der Waals surface area contributed by atoms with Gasteiger partial charge in [0.15, 0.2) is 0 Å². The molecule has 1 amide bonds. The van der Waals surface area contributed by atoms with Crippen LogP contribution in [0.25, 0.3) is 0 Å². The fourth-order valence-electron chi connectivity index (χ4n) is 4.39. The Morgan fingerprint density at radius 1 is 1.26 bits per heavy atom. The van der Waals surface area contributed by atoms with Gasteiger partial charge in [-0.3, -0.25) is 0 Å². The van der Waals surface area contributed by atoms with Crippen molar-refractivity contribution in [2.45, 2.75) is 65.7 Å². The summed E-state index contributed by atoms with van der Waals surface area (Å²) in [5.74, 6) is -0.825. The summed E-state index contributed by atoms with van der Waals surface area (Å²) >= 11 is 0. The second-order valence-electron chi connectivity index (χ2n) is 8.98. The third-order valence-electron chi connectivity index (χ3n) is 6.02. The summed E-state index contributed by atoms with van der Waals surface area (Å²) < 4.78 is 45.4. The number of amides is 1. The van der Waals surface area contributed by atoms with Gasteiger partial charge in [-0.2, -0.15) is 13.2 Å². The fraction of sp³-hybridized carbons (Fsp3) is 0.636. The third kappa shape index (κ3) is 5.25. The number of alkyl halides is 3. The van der Waals surface area contributed by atoms with Crippen LogP contribution in [0, 0.1) is 12.3 Å². The second-order valence-corrected chi connectivity index (χ2v) is 8.98. The highest BCUT2D eigenvalue weighted by atomic mass is 19.4. The van der Waals surface area contributed by atoms with E-state index in [4.69, 9.17) is 4.74 Å².